The number of carbonyl (C=O) groups excluding carboxylic acids is 1. The topological polar surface area (TPSA) is 29.5 Å². The van der Waals surface area contributed by atoms with Crippen molar-refractivity contribution in [2.75, 3.05) is 11.4 Å². The summed E-state index contributed by atoms with van der Waals surface area (Å²) in [4.78, 5) is 13.5. The summed E-state index contributed by atoms with van der Waals surface area (Å²) in [5, 5.41) is 0. The summed E-state index contributed by atoms with van der Waals surface area (Å²) in [6.07, 6.45) is 5.22. The third-order valence-corrected chi connectivity index (χ3v) is 4.84. The third kappa shape index (κ3) is 4.41. The van der Waals surface area contributed by atoms with Gasteiger partial charge in [-0.15, -0.1) is 0 Å². The first-order valence-corrected chi connectivity index (χ1v) is 9.25. The van der Waals surface area contributed by atoms with Crippen LogP contribution in [0.15, 0.2) is 48.5 Å². The Hall–Kier alpha value is -2.29. The van der Waals surface area contributed by atoms with Crippen LogP contribution in [0.5, 0.6) is 0 Å². The molecule has 3 nitrogen and oxygen atoms in total. The molecular weight excluding hydrogens is 310 g/mol. The van der Waals surface area contributed by atoms with E-state index in [9.17, 15) is 4.79 Å². The first-order valence-electron chi connectivity index (χ1n) is 9.25. The van der Waals surface area contributed by atoms with E-state index in [0.29, 0.717) is 0 Å². The van der Waals surface area contributed by atoms with E-state index in [1.807, 2.05) is 6.92 Å². The van der Waals surface area contributed by atoms with Gasteiger partial charge in [-0.2, -0.15) is 0 Å². The van der Waals surface area contributed by atoms with Crippen LogP contribution >= 0.6 is 0 Å². The number of hydrogen-bond acceptors (Lipinski definition) is 3. The predicted octanol–water partition coefficient (Wildman–Crippen LogP) is 5.05. The molecule has 0 fully saturated rings. The molecule has 0 saturated carbocycles. The predicted molar refractivity (Wildman–Crippen MR) is 102 cm³/mol. The van der Waals surface area contributed by atoms with Crippen LogP contribution in [0.25, 0.3) is 0 Å². The fourth-order valence-electron chi connectivity index (χ4n) is 3.66. The van der Waals surface area contributed by atoms with Crippen LogP contribution in [0.4, 0.5) is 11.4 Å². The number of para-hydroxylation sites is 2. The van der Waals surface area contributed by atoms with Gasteiger partial charge in [0, 0.05) is 24.8 Å². The van der Waals surface area contributed by atoms with Gasteiger partial charge >= 0.3 is 5.97 Å². The van der Waals surface area contributed by atoms with Crippen LogP contribution in [0.3, 0.4) is 0 Å². The molecule has 2 aromatic carbocycles. The Morgan fingerprint density at radius 1 is 1.00 bits per heavy atom. The molecule has 0 unspecified atom stereocenters. The second-order valence-electron chi connectivity index (χ2n) is 6.82. The van der Waals surface area contributed by atoms with Crippen molar-refractivity contribution >= 4 is 17.3 Å². The number of aryl methyl sites for hydroxylation is 2. The van der Waals surface area contributed by atoms with Crippen molar-refractivity contribution in [1.82, 2.24) is 0 Å². The molecule has 0 spiro atoms. The van der Waals surface area contributed by atoms with E-state index in [0.717, 1.165) is 38.6 Å². The summed E-state index contributed by atoms with van der Waals surface area (Å²) < 4.78 is 5.22. The number of ether oxygens (including phenoxy) is 1. The monoisotopic (exact) mass is 337 g/mol. The van der Waals surface area contributed by atoms with Crippen molar-refractivity contribution in [1.29, 1.82) is 0 Å². The SMILES string of the molecule is CC(=O)O[C@H](C)CCCCN1c2ccccc2CCc2ccccc21. The number of nitrogens with zero attached hydrogens (tertiary/aromatic N) is 1. The van der Waals surface area contributed by atoms with Gasteiger partial charge in [0.25, 0.3) is 0 Å². The first-order chi connectivity index (χ1) is 12.1. The molecule has 0 bridgehead atoms. The van der Waals surface area contributed by atoms with Crippen LogP contribution in [-0.2, 0) is 22.4 Å². The number of carbonyl (C=O) groups is 1. The van der Waals surface area contributed by atoms with E-state index >= 15 is 0 Å². The molecule has 0 aliphatic carbocycles. The fourth-order valence-corrected chi connectivity index (χ4v) is 3.66. The van der Waals surface area contributed by atoms with Gasteiger partial charge in [-0.3, -0.25) is 4.79 Å². The van der Waals surface area contributed by atoms with Gasteiger partial charge in [0.2, 0.25) is 0 Å². The fraction of sp³-hybridized carbons (Fsp3) is 0.409. The Balaban J connectivity index is 1.70. The van der Waals surface area contributed by atoms with Crippen LogP contribution in [0, 0.1) is 0 Å². The molecule has 1 atom stereocenters. The molecule has 0 saturated heterocycles. The van der Waals surface area contributed by atoms with E-state index in [1.165, 1.54) is 29.4 Å². The molecule has 25 heavy (non-hydrogen) atoms. The number of hydrogen-bond donors (Lipinski definition) is 0. The number of anilines is 2. The van der Waals surface area contributed by atoms with E-state index in [-0.39, 0.29) is 12.1 Å². The molecule has 3 rings (SSSR count). The van der Waals surface area contributed by atoms with Crippen LogP contribution in [-0.4, -0.2) is 18.6 Å². The summed E-state index contributed by atoms with van der Waals surface area (Å²) in [6.45, 7) is 4.43. The molecule has 1 aliphatic rings. The maximum atomic E-state index is 11.0. The second kappa shape index (κ2) is 8.19. The number of rotatable bonds is 6. The highest BCUT2D eigenvalue weighted by Crippen LogP contribution is 2.36. The quantitative estimate of drug-likeness (QED) is 0.546. The Labute approximate surface area is 150 Å². The number of esters is 1. The van der Waals surface area contributed by atoms with Gasteiger partial charge < -0.3 is 9.64 Å². The average molecular weight is 337 g/mol. The van der Waals surface area contributed by atoms with Gasteiger partial charge in [0.05, 0.1) is 6.10 Å². The average Bonchev–Trinajstić information content (AvgIpc) is 2.75. The van der Waals surface area contributed by atoms with Gasteiger partial charge in [-0.25, -0.2) is 0 Å². The lowest BCUT2D eigenvalue weighted by molar-refractivity contribution is -0.145. The van der Waals surface area contributed by atoms with E-state index in [4.69, 9.17) is 4.74 Å². The largest absolute Gasteiger partial charge is 0.463 e. The molecule has 1 heterocycles. The zero-order valence-corrected chi connectivity index (χ0v) is 15.2. The van der Waals surface area contributed by atoms with Crippen LogP contribution < -0.4 is 4.90 Å². The van der Waals surface area contributed by atoms with Crippen molar-refractivity contribution in [3.8, 4) is 0 Å². The van der Waals surface area contributed by atoms with Gasteiger partial charge in [-0.05, 0) is 62.3 Å². The number of benzene rings is 2. The molecule has 132 valence electrons. The minimum atomic E-state index is -0.192. The summed E-state index contributed by atoms with van der Waals surface area (Å²) in [7, 11) is 0. The molecule has 2 aromatic rings. The van der Waals surface area contributed by atoms with Gasteiger partial charge in [-0.1, -0.05) is 36.4 Å². The summed E-state index contributed by atoms with van der Waals surface area (Å²) >= 11 is 0. The third-order valence-electron chi connectivity index (χ3n) is 4.84. The molecule has 0 N–H and O–H groups in total. The maximum Gasteiger partial charge on any atom is 0.302 e. The highest BCUT2D eigenvalue weighted by atomic mass is 16.5. The summed E-state index contributed by atoms with van der Waals surface area (Å²) in [5.41, 5.74) is 5.51. The van der Waals surface area contributed by atoms with Crippen molar-refractivity contribution in [3.63, 3.8) is 0 Å². The van der Waals surface area contributed by atoms with E-state index in [2.05, 4.69) is 53.4 Å². The lowest BCUT2D eigenvalue weighted by atomic mass is 10.0. The number of unbranched alkanes of at least 4 members (excludes halogenated alkanes) is 1. The van der Waals surface area contributed by atoms with Crippen molar-refractivity contribution in [2.24, 2.45) is 0 Å². The first kappa shape index (κ1) is 17.5. The molecular formula is C22H27NO2. The minimum absolute atomic E-state index is 0.00112. The Morgan fingerprint density at radius 3 is 2.12 bits per heavy atom. The summed E-state index contributed by atoms with van der Waals surface area (Å²) in [5.74, 6) is -0.192. The van der Waals surface area contributed by atoms with E-state index in [1.54, 1.807) is 0 Å². The standard InChI is InChI=1S/C22H27NO2/c1-17(25-18(2)24)9-7-8-16-23-21-12-5-3-10-19(21)14-15-20-11-4-6-13-22(20)23/h3-6,10-13,17H,7-9,14-16H2,1-2H3/t17-/m1/s1. The maximum absolute atomic E-state index is 11.0. The molecule has 0 aromatic heterocycles. The zero-order chi connectivity index (χ0) is 17.6. The molecule has 0 radical (unpaired) electrons. The zero-order valence-electron chi connectivity index (χ0n) is 15.2. The number of fused-ring (bicyclic) bond motifs is 2. The lowest BCUT2D eigenvalue weighted by Gasteiger charge is -2.27. The molecule has 3 heteroatoms. The smallest absolute Gasteiger partial charge is 0.302 e. The van der Waals surface area contributed by atoms with Crippen molar-refractivity contribution < 1.29 is 9.53 Å². The van der Waals surface area contributed by atoms with Crippen LogP contribution in [0.1, 0.15) is 44.2 Å². The van der Waals surface area contributed by atoms with Crippen LogP contribution in [0.2, 0.25) is 0 Å². The van der Waals surface area contributed by atoms with E-state index < -0.39 is 0 Å². The molecule has 0 amide bonds. The van der Waals surface area contributed by atoms with Gasteiger partial charge in [0.1, 0.15) is 0 Å². The highest BCUT2D eigenvalue weighted by molar-refractivity contribution is 5.71. The lowest BCUT2D eigenvalue weighted by Crippen LogP contribution is -2.20. The van der Waals surface area contributed by atoms with Crippen molar-refractivity contribution in [2.45, 2.75) is 52.1 Å². The van der Waals surface area contributed by atoms with Crippen molar-refractivity contribution in [3.05, 3.63) is 59.7 Å². The second-order valence-corrected chi connectivity index (χ2v) is 6.82. The Kier molecular flexibility index (Phi) is 5.75. The minimum Gasteiger partial charge on any atom is -0.463 e. The van der Waals surface area contributed by atoms with Gasteiger partial charge in [0.15, 0.2) is 0 Å². The molecule has 1 aliphatic heterocycles. The Morgan fingerprint density at radius 2 is 1.56 bits per heavy atom. The summed E-state index contributed by atoms with van der Waals surface area (Å²) in [6, 6.07) is 17.5. The normalized spacial score (nSPS) is 14.2. The highest BCUT2D eigenvalue weighted by Gasteiger charge is 2.19. The Bertz CT molecular complexity index is 678.